The third-order valence-electron chi connectivity index (χ3n) is 3.91. The van der Waals surface area contributed by atoms with Crippen LogP contribution in [0.2, 0.25) is 0 Å². The van der Waals surface area contributed by atoms with Gasteiger partial charge in [0.1, 0.15) is 0 Å². The van der Waals surface area contributed by atoms with E-state index in [1.807, 2.05) is 0 Å². The van der Waals surface area contributed by atoms with Crippen molar-refractivity contribution in [2.75, 3.05) is 78.7 Å². The van der Waals surface area contributed by atoms with Crippen molar-refractivity contribution in [2.24, 2.45) is 0 Å². The fourth-order valence-corrected chi connectivity index (χ4v) is 2.01. The van der Waals surface area contributed by atoms with E-state index in [4.69, 9.17) is 0 Å². The molecule has 25 heavy (non-hydrogen) atoms. The molecule has 7 heteroatoms. The second-order valence-electron chi connectivity index (χ2n) is 5.19. The topological polar surface area (TPSA) is 78.9 Å². The molecule has 0 aromatic rings. The van der Waals surface area contributed by atoms with Crippen molar-refractivity contribution in [3.05, 3.63) is 0 Å². The van der Waals surface area contributed by atoms with Gasteiger partial charge in [0.05, 0.1) is 0 Å². The molecule has 0 rings (SSSR count). The molecular weight excluding hydrogens is 445 g/mol. The first-order chi connectivity index (χ1) is 11.5. The normalized spacial score (nSPS) is 10.1. The number of nitrogens with zero attached hydrogens (tertiary/aromatic N) is 3. The molecular formula is C18H42LaN3O3. The Balaban J connectivity index is -0.000000130. The summed E-state index contributed by atoms with van der Waals surface area (Å²) in [7, 11) is 0. The van der Waals surface area contributed by atoms with E-state index in [2.05, 4.69) is 56.2 Å². The van der Waals surface area contributed by atoms with Gasteiger partial charge in [-0.3, -0.25) is 0 Å². The van der Waals surface area contributed by atoms with Gasteiger partial charge in [0.15, 0.2) is 0 Å². The molecule has 0 aromatic heterocycles. The van der Waals surface area contributed by atoms with Crippen LogP contribution in [0.4, 0.5) is 0 Å². The first kappa shape index (κ1) is 33.5. The van der Waals surface area contributed by atoms with Crippen molar-refractivity contribution in [1.29, 1.82) is 0 Å². The van der Waals surface area contributed by atoms with Gasteiger partial charge in [-0.1, -0.05) is 41.5 Å². The van der Waals surface area contributed by atoms with E-state index in [0.29, 0.717) is 19.6 Å². The first-order valence-corrected chi connectivity index (χ1v) is 9.45. The average Bonchev–Trinajstić information content (AvgIpc) is 2.63. The van der Waals surface area contributed by atoms with Gasteiger partial charge in [-0.25, -0.2) is 0 Å². The van der Waals surface area contributed by atoms with Crippen LogP contribution in [0.15, 0.2) is 0 Å². The van der Waals surface area contributed by atoms with Crippen molar-refractivity contribution in [3.8, 4) is 0 Å². The predicted molar refractivity (Wildman–Crippen MR) is 98.0 cm³/mol. The van der Waals surface area contributed by atoms with Gasteiger partial charge in [-0.2, -0.15) is 0 Å². The number of hydrogen-bond acceptors (Lipinski definition) is 6. The maximum atomic E-state index is 10.0. The van der Waals surface area contributed by atoms with Crippen molar-refractivity contribution in [2.45, 2.75) is 41.5 Å². The number of hydrogen-bond donors (Lipinski definition) is 0. The Kier molecular flexibility index (Phi) is 39.8. The number of likely N-dealkylation sites (N-methyl/N-ethyl adjacent to an activating group) is 3. The summed E-state index contributed by atoms with van der Waals surface area (Å²) in [5.74, 6) is 0. The van der Waals surface area contributed by atoms with Gasteiger partial charge in [-0.05, 0) is 58.9 Å². The zero-order valence-corrected chi connectivity index (χ0v) is 21.3. The molecule has 0 aliphatic carbocycles. The van der Waals surface area contributed by atoms with Gasteiger partial charge in [-0.15, -0.1) is 19.8 Å². The van der Waals surface area contributed by atoms with E-state index in [1.165, 1.54) is 0 Å². The summed E-state index contributed by atoms with van der Waals surface area (Å²) in [4.78, 5) is 6.35. The monoisotopic (exact) mass is 487 g/mol. The van der Waals surface area contributed by atoms with E-state index in [9.17, 15) is 15.3 Å². The minimum absolute atomic E-state index is 0. The van der Waals surface area contributed by atoms with Gasteiger partial charge in [0.25, 0.3) is 0 Å². The van der Waals surface area contributed by atoms with Gasteiger partial charge < -0.3 is 30.0 Å². The van der Waals surface area contributed by atoms with E-state index in [-0.39, 0.29) is 55.4 Å². The second-order valence-corrected chi connectivity index (χ2v) is 5.19. The average molecular weight is 487 g/mol. The SMILES string of the molecule is CCN(CC)CC[O-].CCN(CC)CC[O-].CCN(CC)CC[O-].[La+3]. The number of rotatable bonds is 12. The van der Waals surface area contributed by atoms with Crippen molar-refractivity contribution in [3.63, 3.8) is 0 Å². The van der Waals surface area contributed by atoms with Crippen molar-refractivity contribution >= 4 is 0 Å². The maximum absolute atomic E-state index is 10.0. The Morgan fingerprint density at radius 3 is 0.640 bits per heavy atom. The minimum atomic E-state index is 0. The molecule has 0 aromatic carbocycles. The Morgan fingerprint density at radius 1 is 0.440 bits per heavy atom. The Hall–Kier alpha value is 0.955. The standard InChI is InChI=1S/3C6H14NO.La/c3*1-3-7(4-2)5-6-8;/h3*3-6H2,1-2H3;/q3*-1;+3. The molecule has 0 spiro atoms. The summed E-state index contributed by atoms with van der Waals surface area (Å²) in [5.41, 5.74) is 0. The fraction of sp³-hybridized carbons (Fsp3) is 1.00. The third kappa shape index (κ3) is 27.3. The molecule has 0 saturated heterocycles. The molecule has 150 valence electrons. The quantitative estimate of drug-likeness (QED) is 0.354. The van der Waals surface area contributed by atoms with Crippen molar-refractivity contribution in [1.82, 2.24) is 14.7 Å². The molecule has 0 unspecified atom stereocenters. The van der Waals surface area contributed by atoms with Crippen LogP contribution in [0, 0.1) is 35.6 Å². The molecule has 0 heterocycles. The van der Waals surface area contributed by atoms with E-state index in [1.54, 1.807) is 0 Å². The predicted octanol–water partition coefficient (Wildman–Crippen LogP) is -0.934. The molecule has 0 fully saturated rings. The maximum Gasteiger partial charge on any atom is 3.00 e. The zero-order valence-electron chi connectivity index (χ0n) is 17.6. The molecule has 0 radical (unpaired) electrons. The summed E-state index contributed by atoms with van der Waals surface area (Å²) in [6, 6.07) is 0. The molecule has 0 atom stereocenters. The molecule has 0 N–H and O–H groups in total. The van der Waals surface area contributed by atoms with Crippen LogP contribution < -0.4 is 15.3 Å². The Bertz CT molecular complexity index is 171. The van der Waals surface area contributed by atoms with Crippen LogP contribution in [0.1, 0.15) is 41.5 Å². The second kappa shape index (κ2) is 29.7. The summed E-state index contributed by atoms with van der Waals surface area (Å²) in [6.45, 7) is 20.6. The first-order valence-electron chi connectivity index (χ1n) is 9.45. The molecule has 6 nitrogen and oxygen atoms in total. The van der Waals surface area contributed by atoms with Crippen LogP contribution in [0.25, 0.3) is 0 Å². The largest absolute Gasteiger partial charge is 3.00 e. The molecule has 0 aliphatic heterocycles. The van der Waals surface area contributed by atoms with E-state index in [0.717, 1.165) is 39.3 Å². The zero-order chi connectivity index (χ0) is 19.2. The van der Waals surface area contributed by atoms with Gasteiger partial charge in [0.2, 0.25) is 0 Å². The van der Waals surface area contributed by atoms with Crippen LogP contribution >= 0.6 is 0 Å². The Morgan fingerprint density at radius 2 is 0.600 bits per heavy atom. The summed E-state index contributed by atoms with van der Waals surface area (Å²) in [6.07, 6.45) is 0. The fourth-order valence-electron chi connectivity index (χ4n) is 2.01. The Labute approximate surface area is 185 Å². The molecule has 0 amide bonds. The summed E-state index contributed by atoms with van der Waals surface area (Å²) < 4.78 is 0. The summed E-state index contributed by atoms with van der Waals surface area (Å²) in [5, 5.41) is 30.0. The smallest absolute Gasteiger partial charge is 0.854 e. The van der Waals surface area contributed by atoms with Crippen LogP contribution in [0.5, 0.6) is 0 Å². The van der Waals surface area contributed by atoms with Gasteiger partial charge >= 0.3 is 35.6 Å². The third-order valence-corrected chi connectivity index (χ3v) is 3.91. The molecule has 0 bridgehead atoms. The molecule has 0 saturated carbocycles. The minimum Gasteiger partial charge on any atom is -0.854 e. The van der Waals surface area contributed by atoms with Crippen LogP contribution in [-0.2, 0) is 0 Å². The van der Waals surface area contributed by atoms with Gasteiger partial charge in [0, 0.05) is 0 Å². The van der Waals surface area contributed by atoms with Crippen molar-refractivity contribution < 1.29 is 50.9 Å². The van der Waals surface area contributed by atoms with E-state index >= 15 is 0 Å². The summed E-state index contributed by atoms with van der Waals surface area (Å²) >= 11 is 0. The van der Waals surface area contributed by atoms with Crippen LogP contribution in [-0.4, -0.2) is 93.4 Å². The van der Waals surface area contributed by atoms with E-state index < -0.39 is 0 Å². The van der Waals surface area contributed by atoms with Crippen LogP contribution in [0.3, 0.4) is 0 Å². The molecule has 0 aliphatic rings.